The molecule has 374 valence electrons. The predicted molar refractivity (Wildman–Crippen MR) is 244 cm³/mol. The fraction of sp³-hybridized carbons (Fsp3) is 0.796. The number of hydrogen-bond donors (Lipinski definition) is 7. The van der Waals surface area contributed by atoms with Crippen molar-refractivity contribution in [3.05, 3.63) is 23.3 Å². The molecular weight excluding hydrogens is 878 g/mol. The van der Waals surface area contributed by atoms with Crippen LogP contribution in [-0.4, -0.2) is 130 Å². The number of aliphatic hydroxyl groups is 6. The average molecular weight is 955 g/mol. The Morgan fingerprint density at radius 2 is 1.27 bits per heavy atom. The minimum atomic E-state index is -1.54. The number of halogens is 1. The number of Topliss-reactive ketones (excluding diaryl/α,β-unsaturated/α-hetero) is 2. The second kappa shape index (κ2) is 21.7. The van der Waals surface area contributed by atoms with Crippen LogP contribution in [0.4, 0.5) is 0 Å². The van der Waals surface area contributed by atoms with Gasteiger partial charge in [0.1, 0.15) is 25.4 Å². The molecule has 0 aliphatic heterocycles. The number of aliphatic hydroxyl groups excluding tert-OH is 5. The van der Waals surface area contributed by atoms with Crippen LogP contribution in [0.2, 0.25) is 0 Å². The molecule has 0 amide bonds. The minimum Gasteiger partial charge on any atom is -0.480 e. The summed E-state index contributed by atoms with van der Waals surface area (Å²) in [6.07, 6.45) is 13.3. The number of aliphatic carboxylic acids is 1. The molecule has 16 nitrogen and oxygen atoms in total. The summed E-state index contributed by atoms with van der Waals surface area (Å²) in [5.41, 5.74) is -0.0147. The normalized spacial score (nSPS) is 42.0. The predicted octanol–water partition coefficient (Wildman–Crippen LogP) is 4.52. The van der Waals surface area contributed by atoms with Gasteiger partial charge in [0.05, 0.1) is 17.9 Å². The number of methoxy groups -OCH3 is 1. The number of oxime groups is 1. The largest absolute Gasteiger partial charge is 0.480 e. The molecule has 0 saturated heterocycles. The van der Waals surface area contributed by atoms with Crippen molar-refractivity contribution in [1.82, 2.24) is 0 Å². The average Bonchev–Trinajstić information content (AvgIpc) is 3.70. The Morgan fingerprint density at radius 1 is 0.758 bits per heavy atom. The molecule has 66 heavy (non-hydrogen) atoms. The summed E-state index contributed by atoms with van der Waals surface area (Å²) in [5.74, 6) is 0.0538. The van der Waals surface area contributed by atoms with Gasteiger partial charge in [0.25, 0.3) is 13.3 Å². The molecule has 0 radical (unpaired) electrons. The number of carboxylic acids is 1. The van der Waals surface area contributed by atoms with E-state index in [2.05, 4.69) is 41.5 Å². The molecule has 17 heteroatoms. The van der Waals surface area contributed by atoms with Crippen LogP contribution in [0.5, 0.6) is 0 Å². The van der Waals surface area contributed by atoms with Crippen molar-refractivity contribution in [2.45, 2.75) is 142 Å². The zero-order valence-corrected chi connectivity index (χ0v) is 40.6. The van der Waals surface area contributed by atoms with Crippen LogP contribution in [0.1, 0.15) is 125 Å². The van der Waals surface area contributed by atoms with E-state index in [1.54, 1.807) is 6.08 Å². The number of rotatable bonds is 10. The van der Waals surface area contributed by atoms with Crippen LogP contribution in [0.3, 0.4) is 0 Å². The molecule has 8 rings (SSSR count). The summed E-state index contributed by atoms with van der Waals surface area (Å²) >= 11 is 0. The monoisotopic (exact) mass is 953 g/mol. The number of carboxylic acid groups (broad SMARTS) is 1. The van der Waals surface area contributed by atoms with Crippen LogP contribution in [-0.2, 0) is 38.3 Å². The zero-order valence-electron chi connectivity index (χ0n) is 39.8. The van der Waals surface area contributed by atoms with Gasteiger partial charge >= 0.3 is 5.97 Å². The molecule has 0 aromatic rings. The summed E-state index contributed by atoms with van der Waals surface area (Å²) in [5, 5.41) is 71.7. The Bertz CT molecular complexity index is 1890. The SMILES string of the molecule is CO.COCC(=O)O.C[C@]12CCC(=NOCOC=O)C=C1CCC1C2[C@@H](O)C[C@@]2(C)C1CC[C@]2(C)C(=O)CO.C[C@]12CCC(=O)C=C1CCC1C2[C@@H](O)C[C@@]2(C)C1CC[C@]2(O)C(=O)CO.Cl. The molecule has 6 fully saturated rings. The number of ether oxygens (including phenoxy) is 2. The van der Waals surface area contributed by atoms with E-state index in [9.17, 15) is 49.5 Å². The van der Waals surface area contributed by atoms with Crippen molar-refractivity contribution in [1.29, 1.82) is 0 Å². The van der Waals surface area contributed by atoms with Crippen molar-refractivity contribution in [2.24, 2.45) is 67.7 Å². The number of carbonyl (C=O) groups is 5. The molecule has 0 aromatic carbocycles. The second-order valence-corrected chi connectivity index (χ2v) is 21.0. The highest BCUT2D eigenvalue weighted by molar-refractivity contribution is 5.96. The number of hydrogen-bond acceptors (Lipinski definition) is 15. The maximum absolute atomic E-state index is 12.7. The summed E-state index contributed by atoms with van der Waals surface area (Å²) in [4.78, 5) is 61.8. The van der Waals surface area contributed by atoms with Crippen LogP contribution in [0, 0.1) is 62.6 Å². The highest BCUT2D eigenvalue weighted by Crippen LogP contribution is 2.71. The summed E-state index contributed by atoms with van der Waals surface area (Å²) in [6, 6.07) is 0. The molecule has 0 spiro atoms. The first-order valence-corrected chi connectivity index (χ1v) is 23.4. The molecule has 8 aliphatic carbocycles. The molecule has 0 aromatic heterocycles. The van der Waals surface area contributed by atoms with E-state index < -0.39 is 53.6 Å². The summed E-state index contributed by atoms with van der Waals surface area (Å²) in [6.45, 7) is 9.43. The summed E-state index contributed by atoms with van der Waals surface area (Å²) in [7, 11) is 2.34. The van der Waals surface area contributed by atoms with E-state index in [1.165, 1.54) is 18.3 Å². The first-order valence-electron chi connectivity index (χ1n) is 23.4. The van der Waals surface area contributed by atoms with E-state index in [-0.39, 0.29) is 77.3 Å². The fourth-order valence-electron chi connectivity index (χ4n) is 15.2. The van der Waals surface area contributed by atoms with Crippen LogP contribution in [0.15, 0.2) is 28.5 Å². The number of ketones is 3. The van der Waals surface area contributed by atoms with Gasteiger partial charge in [-0.05, 0) is 147 Å². The van der Waals surface area contributed by atoms with Gasteiger partial charge in [-0.15, -0.1) is 12.4 Å². The Labute approximate surface area is 395 Å². The van der Waals surface area contributed by atoms with Crippen molar-refractivity contribution < 1.29 is 74.0 Å². The van der Waals surface area contributed by atoms with Gasteiger partial charge in [-0.1, -0.05) is 50.9 Å². The Kier molecular flexibility index (Phi) is 18.2. The van der Waals surface area contributed by atoms with E-state index in [0.717, 1.165) is 77.0 Å². The first-order chi connectivity index (χ1) is 30.6. The third-order valence-corrected chi connectivity index (χ3v) is 18.6. The lowest BCUT2D eigenvalue weighted by Crippen LogP contribution is -2.62. The van der Waals surface area contributed by atoms with Gasteiger partial charge in [0, 0.05) is 31.5 Å². The maximum atomic E-state index is 12.7. The van der Waals surface area contributed by atoms with Crippen LogP contribution in [0.25, 0.3) is 0 Å². The zero-order chi connectivity index (χ0) is 48.3. The quantitative estimate of drug-likeness (QED) is 0.0687. The van der Waals surface area contributed by atoms with Crippen LogP contribution >= 0.6 is 12.4 Å². The Morgan fingerprint density at radius 3 is 1.79 bits per heavy atom. The second-order valence-electron chi connectivity index (χ2n) is 21.0. The van der Waals surface area contributed by atoms with E-state index >= 15 is 0 Å². The molecule has 7 N–H and O–H groups in total. The summed E-state index contributed by atoms with van der Waals surface area (Å²) < 4.78 is 8.73. The minimum absolute atomic E-state index is 0. The van der Waals surface area contributed by atoms with Crippen LogP contribution < -0.4 is 0 Å². The smallest absolute Gasteiger partial charge is 0.329 e. The molecular formula is C49H76ClNO15. The lowest BCUT2D eigenvalue weighted by molar-refractivity contribution is -0.182. The fourth-order valence-corrected chi connectivity index (χ4v) is 15.2. The lowest BCUT2D eigenvalue weighted by Gasteiger charge is -2.61. The lowest BCUT2D eigenvalue weighted by atomic mass is 9.44. The van der Waals surface area contributed by atoms with Gasteiger partial charge in [0.15, 0.2) is 17.3 Å². The molecule has 0 bridgehead atoms. The first kappa shape index (κ1) is 55.5. The maximum Gasteiger partial charge on any atom is 0.329 e. The third kappa shape index (κ3) is 9.47. The van der Waals surface area contributed by atoms with Gasteiger partial charge < -0.3 is 50.1 Å². The number of carbonyl (C=O) groups excluding carboxylic acids is 4. The van der Waals surface area contributed by atoms with Gasteiger partial charge in [0.2, 0.25) is 0 Å². The van der Waals surface area contributed by atoms with E-state index in [4.69, 9.17) is 15.1 Å². The Hall–Kier alpha value is -3.09. The van der Waals surface area contributed by atoms with Gasteiger partial charge in [-0.25, -0.2) is 4.79 Å². The van der Waals surface area contributed by atoms with Crippen molar-refractivity contribution in [3.63, 3.8) is 0 Å². The van der Waals surface area contributed by atoms with E-state index in [1.807, 2.05) is 13.8 Å². The number of allylic oxidation sites excluding steroid dienone is 3. The molecule has 0 heterocycles. The molecule has 8 aliphatic rings. The standard InChI is InChI=1S/C24H35NO6.C21H30O5.C3H6O3.CH4O.ClH/c1-22-8-6-16(25-31-14-30-13-27)10-15(22)4-5-17-18-7-9-23(2,20(29)12-26)24(18,3)11-19(28)21(17)22;1-19-7-5-13(23)9-12(19)3-4-14-15-6-8-21(26,17(25)11-22)20(15,2)10-16(24)18(14)19;1-6-2-3(4)5;1-2;/h10,13,17-19,21,26,28H,4-9,11-12,14H2,1-3H3;9,14-16,18,22,24,26H,3-8,10-11H2,1-2H3;2H2,1H3,(H,4,5);2H,1H3;1H/t17?,18?,19-,21?,22-,23+,24-;14?,15?,16-,18?,19-,20-,21-;;;/m00.../s1. The van der Waals surface area contributed by atoms with Crippen molar-refractivity contribution in [2.75, 3.05) is 40.8 Å². The van der Waals surface area contributed by atoms with Gasteiger partial charge in [-0.3, -0.25) is 19.2 Å². The van der Waals surface area contributed by atoms with Crippen molar-refractivity contribution in [3.8, 4) is 0 Å². The number of nitrogens with zero attached hydrogens (tertiary/aromatic N) is 1. The highest BCUT2D eigenvalue weighted by atomic mass is 35.5. The number of fused-ring (bicyclic) bond motifs is 10. The third-order valence-electron chi connectivity index (χ3n) is 18.6. The molecule has 6 unspecified atom stereocenters. The Balaban J connectivity index is 0.000000248. The van der Waals surface area contributed by atoms with E-state index in [0.29, 0.717) is 44.0 Å². The van der Waals surface area contributed by atoms with Crippen molar-refractivity contribution >= 4 is 47.9 Å². The highest BCUT2D eigenvalue weighted by Gasteiger charge is 2.69. The topological polar surface area (TPSA) is 267 Å². The van der Waals surface area contributed by atoms with Gasteiger partial charge in [-0.2, -0.15) is 0 Å². The molecule has 6 saturated carbocycles. The molecule has 14 atom stereocenters.